The quantitative estimate of drug-likeness (QED) is 0.863. The Bertz CT molecular complexity index is 511. The summed E-state index contributed by atoms with van der Waals surface area (Å²) in [6, 6.07) is 12.7. The second kappa shape index (κ2) is 4.86. The standard InChI is InChI=1S/C12H8BrNO2/c13-12-6-5-11(16-12)8-15-10-3-1-9(7-14)2-4-10/h1-6H,8H2. The fourth-order valence-corrected chi connectivity index (χ4v) is 1.55. The Kier molecular flexibility index (Phi) is 3.28. The first kappa shape index (κ1) is 10.8. The summed E-state index contributed by atoms with van der Waals surface area (Å²) in [5, 5.41) is 8.63. The van der Waals surface area contributed by atoms with E-state index in [4.69, 9.17) is 14.4 Å². The van der Waals surface area contributed by atoms with Crippen LogP contribution in [0.3, 0.4) is 0 Å². The SMILES string of the molecule is N#Cc1ccc(OCc2ccc(Br)o2)cc1. The van der Waals surface area contributed by atoms with Crippen LogP contribution in [-0.2, 0) is 6.61 Å². The summed E-state index contributed by atoms with van der Waals surface area (Å²) in [5.41, 5.74) is 0.619. The number of halogens is 1. The van der Waals surface area contributed by atoms with Crippen molar-refractivity contribution in [3.05, 3.63) is 52.4 Å². The molecule has 2 aromatic rings. The second-order valence-corrected chi connectivity index (χ2v) is 3.91. The van der Waals surface area contributed by atoms with E-state index in [0.29, 0.717) is 22.6 Å². The first-order chi connectivity index (χ1) is 7.78. The summed E-state index contributed by atoms with van der Waals surface area (Å²) in [7, 11) is 0. The Morgan fingerprint density at radius 2 is 1.94 bits per heavy atom. The maximum Gasteiger partial charge on any atom is 0.169 e. The number of ether oxygens (including phenoxy) is 1. The number of nitriles is 1. The van der Waals surface area contributed by atoms with Crippen LogP contribution in [0.4, 0.5) is 0 Å². The third kappa shape index (κ3) is 2.65. The molecule has 16 heavy (non-hydrogen) atoms. The van der Waals surface area contributed by atoms with Gasteiger partial charge >= 0.3 is 0 Å². The monoisotopic (exact) mass is 277 g/mol. The molecule has 0 bridgehead atoms. The number of benzene rings is 1. The lowest BCUT2D eigenvalue weighted by atomic mass is 10.2. The Hall–Kier alpha value is -1.73. The van der Waals surface area contributed by atoms with Crippen molar-refractivity contribution in [3.63, 3.8) is 0 Å². The molecule has 0 saturated carbocycles. The normalized spacial score (nSPS) is 9.75. The van der Waals surface area contributed by atoms with Crippen LogP contribution < -0.4 is 4.74 Å². The molecule has 0 aliphatic heterocycles. The van der Waals surface area contributed by atoms with Crippen molar-refractivity contribution in [1.82, 2.24) is 0 Å². The molecule has 0 spiro atoms. The molecule has 0 amide bonds. The van der Waals surface area contributed by atoms with Gasteiger partial charge < -0.3 is 9.15 Å². The maximum absolute atomic E-state index is 8.63. The van der Waals surface area contributed by atoms with Gasteiger partial charge in [0.2, 0.25) is 0 Å². The van der Waals surface area contributed by atoms with E-state index >= 15 is 0 Å². The zero-order valence-electron chi connectivity index (χ0n) is 8.31. The van der Waals surface area contributed by atoms with Gasteiger partial charge in [0.1, 0.15) is 18.1 Å². The summed E-state index contributed by atoms with van der Waals surface area (Å²) in [5.74, 6) is 1.46. The lowest BCUT2D eigenvalue weighted by Gasteiger charge is -2.03. The van der Waals surface area contributed by atoms with E-state index in [0.717, 1.165) is 5.76 Å². The van der Waals surface area contributed by atoms with Crippen molar-refractivity contribution >= 4 is 15.9 Å². The Morgan fingerprint density at radius 1 is 1.19 bits per heavy atom. The molecule has 0 atom stereocenters. The summed E-state index contributed by atoms with van der Waals surface area (Å²) in [6.45, 7) is 0.373. The fraction of sp³-hybridized carbons (Fsp3) is 0.0833. The molecule has 0 unspecified atom stereocenters. The maximum atomic E-state index is 8.63. The van der Waals surface area contributed by atoms with Gasteiger partial charge in [-0.05, 0) is 52.3 Å². The van der Waals surface area contributed by atoms with Crippen molar-refractivity contribution in [3.8, 4) is 11.8 Å². The molecule has 0 fully saturated rings. The van der Waals surface area contributed by atoms with E-state index < -0.39 is 0 Å². The highest BCUT2D eigenvalue weighted by atomic mass is 79.9. The lowest BCUT2D eigenvalue weighted by molar-refractivity contribution is 0.267. The van der Waals surface area contributed by atoms with Gasteiger partial charge in [-0.1, -0.05) is 0 Å². The van der Waals surface area contributed by atoms with Crippen LogP contribution in [-0.4, -0.2) is 0 Å². The molecule has 0 saturated heterocycles. The molecule has 80 valence electrons. The van der Waals surface area contributed by atoms with E-state index in [1.54, 1.807) is 24.3 Å². The van der Waals surface area contributed by atoms with Gasteiger partial charge in [-0.25, -0.2) is 0 Å². The van der Waals surface area contributed by atoms with Crippen LogP contribution in [0.1, 0.15) is 11.3 Å². The van der Waals surface area contributed by atoms with E-state index in [1.165, 1.54) is 0 Å². The number of hydrogen-bond donors (Lipinski definition) is 0. The van der Waals surface area contributed by atoms with Crippen LogP contribution in [0.5, 0.6) is 5.75 Å². The van der Waals surface area contributed by atoms with Crippen molar-refractivity contribution in [2.24, 2.45) is 0 Å². The number of rotatable bonds is 3. The average molecular weight is 278 g/mol. The van der Waals surface area contributed by atoms with Crippen LogP contribution in [0.25, 0.3) is 0 Å². The van der Waals surface area contributed by atoms with Crippen LogP contribution in [0, 0.1) is 11.3 Å². The van der Waals surface area contributed by atoms with Gasteiger partial charge in [-0.3, -0.25) is 0 Å². The topological polar surface area (TPSA) is 46.2 Å². The zero-order valence-corrected chi connectivity index (χ0v) is 9.90. The fourth-order valence-electron chi connectivity index (χ4n) is 1.21. The minimum Gasteiger partial charge on any atom is -0.486 e. The van der Waals surface area contributed by atoms with Crippen LogP contribution in [0.15, 0.2) is 45.5 Å². The largest absolute Gasteiger partial charge is 0.486 e. The highest BCUT2D eigenvalue weighted by molar-refractivity contribution is 9.10. The first-order valence-electron chi connectivity index (χ1n) is 4.65. The van der Waals surface area contributed by atoms with Gasteiger partial charge in [-0.2, -0.15) is 5.26 Å². The number of hydrogen-bond acceptors (Lipinski definition) is 3. The molecular formula is C12H8BrNO2. The summed E-state index contributed by atoms with van der Waals surface area (Å²) < 4.78 is 11.5. The predicted octanol–water partition coefficient (Wildman–Crippen LogP) is 3.49. The zero-order chi connectivity index (χ0) is 11.4. The molecule has 1 aromatic carbocycles. The number of furan rings is 1. The van der Waals surface area contributed by atoms with Crippen molar-refractivity contribution in [2.45, 2.75) is 6.61 Å². The highest BCUT2D eigenvalue weighted by Crippen LogP contribution is 2.17. The molecule has 2 rings (SSSR count). The average Bonchev–Trinajstić information content (AvgIpc) is 2.73. The van der Waals surface area contributed by atoms with E-state index in [2.05, 4.69) is 22.0 Å². The highest BCUT2D eigenvalue weighted by Gasteiger charge is 2.00. The number of nitrogens with zero attached hydrogens (tertiary/aromatic N) is 1. The summed E-state index contributed by atoms with van der Waals surface area (Å²) in [6.07, 6.45) is 0. The second-order valence-electron chi connectivity index (χ2n) is 3.13. The van der Waals surface area contributed by atoms with Crippen molar-refractivity contribution < 1.29 is 9.15 Å². The first-order valence-corrected chi connectivity index (χ1v) is 5.44. The van der Waals surface area contributed by atoms with Crippen LogP contribution >= 0.6 is 15.9 Å². The molecule has 1 aromatic heterocycles. The molecule has 0 aliphatic rings. The lowest BCUT2D eigenvalue weighted by Crippen LogP contribution is -1.93. The predicted molar refractivity (Wildman–Crippen MR) is 61.9 cm³/mol. The minimum atomic E-state index is 0.373. The third-order valence-electron chi connectivity index (χ3n) is 1.99. The van der Waals surface area contributed by atoms with Gasteiger partial charge in [-0.15, -0.1) is 0 Å². The Labute approximate surface area is 101 Å². The van der Waals surface area contributed by atoms with Gasteiger partial charge in [0.05, 0.1) is 11.6 Å². The van der Waals surface area contributed by atoms with Gasteiger partial charge in [0.25, 0.3) is 0 Å². The molecular weight excluding hydrogens is 270 g/mol. The third-order valence-corrected chi connectivity index (χ3v) is 2.42. The molecule has 3 nitrogen and oxygen atoms in total. The minimum absolute atomic E-state index is 0.373. The molecule has 0 radical (unpaired) electrons. The molecule has 1 heterocycles. The van der Waals surface area contributed by atoms with E-state index in [1.807, 2.05) is 12.1 Å². The Balaban J connectivity index is 1.97. The van der Waals surface area contributed by atoms with Gasteiger partial charge in [0.15, 0.2) is 4.67 Å². The van der Waals surface area contributed by atoms with Crippen LogP contribution in [0.2, 0.25) is 0 Å². The van der Waals surface area contributed by atoms with E-state index in [-0.39, 0.29) is 0 Å². The van der Waals surface area contributed by atoms with Crippen molar-refractivity contribution in [2.75, 3.05) is 0 Å². The van der Waals surface area contributed by atoms with Gasteiger partial charge in [0, 0.05) is 0 Å². The molecule has 4 heteroatoms. The molecule has 0 aliphatic carbocycles. The smallest absolute Gasteiger partial charge is 0.169 e. The van der Waals surface area contributed by atoms with Crippen molar-refractivity contribution in [1.29, 1.82) is 5.26 Å². The summed E-state index contributed by atoms with van der Waals surface area (Å²) >= 11 is 3.22. The Morgan fingerprint density at radius 3 is 2.50 bits per heavy atom. The molecule has 0 N–H and O–H groups in total. The summed E-state index contributed by atoms with van der Waals surface area (Å²) in [4.78, 5) is 0. The van der Waals surface area contributed by atoms with E-state index in [9.17, 15) is 0 Å².